The summed E-state index contributed by atoms with van der Waals surface area (Å²) in [4.78, 5) is 39.3. The van der Waals surface area contributed by atoms with Gasteiger partial charge in [-0.05, 0) is 71.5 Å². The third kappa shape index (κ3) is 7.13. The number of hydrazone groups is 1. The van der Waals surface area contributed by atoms with Gasteiger partial charge in [-0.15, -0.1) is 11.3 Å². The van der Waals surface area contributed by atoms with Crippen LogP contribution in [0.25, 0.3) is 0 Å². The minimum absolute atomic E-state index is 0.268. The maximum Gasteiger partial charge on any atom is 0.274 e. The van der Waals surface area contributed by atoms with Crippen LogP contribution in [0.1, 0.15) is 37.4 Å². The molecule has 5 rings (SSSR count). The average molecular weight is 570 g/mol. The lowest BCUT2D eigenvalue weighted by Crippen LogP contribution is -2.46. The topological polar surface area (TPSA) is 112 Å². The van der Waals surface area contributed by atoms with Gasteiger partial charge in [-0.25, -0.2) is 15.4 Å². The van der Waals surface area contributed by atoms with Crippen molar-refractivity contribution in [3.8, 4) is 5.75 Å². The first-order chi connectivity index (χ1) is 20.0. The second kappa shape index (κ2) is 13.2. The number of carbonyl (C=O) groups excluding carboxylic acids is 2. The van der Waals surface area contributed by atoms with Gasteiger partial charge in [0.05, 0.1) is 18.9 Å². The van der Waals surface area contributed by atoms with Crippen molar-refractivity contribution in [2.24, 2.45) is 5.10 Å². The number of hydrogen-bond acceptors (Lipinski definition) is 9. The summed E-state index contributed by atoms with van der Waals surface area (Å²) in [6.45, 7) is 6.01. The van der Waals surface area contributed by atoms with Gasteiger partial charge in [-0.3, -0.25) is 14.5 Å². The summed E-state index contributed by atoms with van der Waals surface area (Å²) in [6.07, 6.45) is 5.07. The van der Waals surface area contributed by atoms with E-state index in [1.54, 1.807) is 31.8 Å². The number of amides is 2. The van der Waals surface area contributed by atoms with E-state index in [1.165, 1.54) is 11.3 Å². The normalized spacial score (nSPS) is 13.8. The number of benzene rings is 2. The lowest BCUT2D eigenvalue weighted by Gasteiger charge is -2.34. The predicted octanol–water partition coefficient (Wildman–Crippen LogP) is 4.19. The van der Waals surface area contributed by atoms with Gasteiger partial charge in [0.1, 0.15) is 10.8 Å². The number of thiophene rings is 1. The van der Waals surface area contributed by atoms with Gasteiger partial charge < -0.3 is 15.0 Å². The number of nitrogens with zero attached hydrogens (tertiary/aromatic N) is 5. The minimum atomic E-state index is -0.391. The Hall–Kier alpha value is -4.61. The first-order valence-electron chi connectivity index (χ1n) is 13.2. The molecule has 4 aromatic rings. The molecule has 1 fully saturated rings. The maximum absolute atomic E-state index is 13.2. The fourth-order valence-electron chi connectivity index (χ4n) is 4.53. The van der Waals surface area contributed by atoms with Crippen LogP contribution in [0.5, 0.6) is 5.75 Å². The monoisotopic (exact) mass is 569 g/mol. The molecule has 2 amide bonds. The lowest BCUT2D eigenvalue weighted by atomic mass is 10.1. The summed E-state index contributed by atoms with van der Waals surface area (Å²) in [5.74, 6) is 0.836. The summed E-state index contributed by atoms with van der Waals surface area (Å²) < 4.78 is 5.15. The van der Waals surface area contributed by atoms with E-state index in [-0.39, 0.29) is 5.91 Å². The van der Waals surface area contributed by atoms with Crippen molar-refractivity contribution in [2.75, 3.05) is 43.5 Å². The largest absolute Gasteiger partial charge is 0.497 e. The Balaban J connectivity index is 1.18. The van der Waals surface area contributed by atoms with Crippen molar-refractivity contribution < 1.29 is 14.3 Å². The van der Waals surface area contributed by atoms with Crippen molar-refractivity contribution >= 4 is 40.3 Å². The van der Waals surface area contributed by atoms with Crippen LogP contribution >= 0.6 is 11.3 Å². The van der Waals surface area contributed by atoms with E-state index in [9.17, 15) is 9.59 Å². The zero-order valence-electron chi connectivity index (χ0n) is 22.9. The third-order valence-corrected chi connectivity index (χ3v) is 7.74. The zero-order valence-corrected chi connectivity index (χ0v) is 23.7. The Morgan fingerprint density at radius 2 is 1.78 bits per heavy atom. The summed E-state index contributed by atoms with van der Waals surface area (Å²) in [5.41, 5.74) is 6.12. The molecule has 0 atom stereocenters. The van der Waals surface area contributed by atoms with Gasteiger partial charge in [0, 0.05) is 50.7 Å². The molecule has 0 unspecified atom stereocenters. The fraction of sp³-hybridized carbons (Fsp3) is 0.233. The van der Waals surface area contributed by atoms with E-state index in [0.717, 1.165) is 61.1 Å². The number of methoxy groups -OCH3 is 1. The van der Waals surface area contributed by atoms with Gasteiger partial charge in [0.15, 0.2) is 0 Å². The molecule has 0 saturated carbocycles. The van der Waals surface area contributed by atoms with Crippen molar-refractivity contribution in [1.29, 1.82) is 0 Å². The molecule has 0 bridgehead atoms. The number of carbonyl (C=O) groups is 2. The fourth-order valence-corrected chi connectivity index (χ4v) is 5.47. The van der Waals surface area contributed by atoms with Crippen molar-refractivity contribution in [1.82, 2.24) is 20.3 Å². The first-order valence-corrected chi connectivity index (χ1v) is 14.1. The van der Waals surface area contributed by atoms with Crippen molar-refractivity contribution in [3.63, 3.8) is 0 Å². The maximum atomic E-state index is 13.2. The van der Waals surface area contributed by atoms with E-state index >= 15 is 0 Å². The zero-order chi connectivity index (χ0) is 28.6. The van der Waals surface area contributed by atoms with Crippen LogP contribution in [0, 0.1) is 6.92 Å². The predicted molar refractivity (Wildman–Crippen MR) is 161 cm³/mol. The number of ether oxygens (including phenoxy) is 1. The highest BCUT2D eigenvalue weighted by atomic mass is 32.1. The van der Waals surface area contributed by atoms with Crippen LogP contribution in [0.4, 0.5) is 10.9 Å². The molecule has 2 aromatic heterocycles. The summed E-state index contributed by atoms with van der Waals surface area (Å²) >= 11 is 1.31. The molecular formula is C30H31N7O3S. The van der Waals surface area contributed by atoms with Gasteiger partial charge in [-0.2, -0.15) is 5.10 Å². The Bertz CT molecular complexity index is 1510. The third-order valence-electron chi connectivity index (χ3n) is 6.73. The molecule has 1 aliphatic rings. The van der Waals surface area contributed by atoms with Crippen molar-refractivity contribution in [2.45, 2.75) is 13.5 Å². The van der Waals surface area contributed by atoms with E-state index in [0.29, 0.717) is 16.1 Å². The molecule has 41 heavy (non-hydrogen) atoms. The van der Waals surface area contributed by atoms with Gasteiger partial charge in [0.2, 0.25) is 5.95 Å². The second-order valence-corrected chi connectivity index (χ2v) is 10.4. The molecule has 210 valence electrons. The lowest BCUT2D eigenvalue weighted by molar-refractivity contribution is 0.0956. The minimum Gasteiger partial charge on any atom is -0.497 e. The van der Waals surface area contributed by atoms with Crippen LogP contribution in [0.15, 0.2) is 77.5 Å². The highest BCUT2D eigenvalue weighted by Crippen LogP contribution is 2.28. The van der Waals surface area contributed by atoms with Crippen LogP contribution in [-0.2, 0) is 6.54 Å². The molecule has 1 saturated heterocycles. The Labute approximate surface area is 242 Å². The number of aryl methyl sites for hydroxylation is 1. The van der Waals surface area contributed by atoms with E-state index < -0.39 is 5.91 Å². The van der Waals surface area contributed by atoms with E-state index in [1.807, 2.05) is 60.8 Å². The first kappa shape index (κ1) is 27.9. The Morgan fingerprint density at radius 1 is 1.02 bits per heavy atom. The molecule has 0 spiro atoms. The van der Waals surface area contributed by atoms with E-state index in [2.05, 4.69) is 35.6 Å². The number of hydrogen-bond donors (Lipinski definition) is 2. The molecule has 3 heterocycles. The Morgan fingerprint density at radius 3 is 2.51 bits per heavy atom. The molecule has 11 heteroatoms. The number of anilines is 2. The highest BCUT2D eigenvalue weighted by molar-refractivity contribution is 7.15. The Kier molecular flexibility index (Phi) is 8.97. The van der Waals surface area contributed by atoms with Crippen molar-refractivity contribution in [3.05, 3.63) is 100 Å². The number of aromatic nitrogens is 2. The van der Waals surface area contributed by atoms with E-state index in [4.69, 9.17) is 4.74 Å². The van der Waals surface area contributed by atoms with Crippen LogP contribution in [0.3, 0.4) is 0 Å². The van der Waals surface area contributed by atoms with Gasteiger partial charge >= 0.3 is 0 Å². The summed E-state index contributed by atoms with van der Waals surface area (Å²) in [5, 5.41) is 9.32. The SMILES string of the molecule is COc1ccc(C=NNC(=O)c2c(C)csc2NC(=O)c2cccc(CN3CCN(c4ncccn4)CC3)c2)cc1. The number of piperazine rings is 1. The average Bonchev–Trinajstić information content (AvgIpc) is 3.38. The number of nitrogens with one attached hydrogen (secondary N) is 2. The van der Waals surface area contributed by atoms with Gasteiger partial charge in [-0.1, -0.05) is 12.1 Å². The molecule has 0 radical (unpaired) electrons. The smallest absolute Gasteiger partial charge is 0.274 e. The quantitative estimate of drug-likeness (QED) is 0.230. The molecular weight excluding hydrogens is 538 g/mol. The molecule has 0 aliphatic carbocycles. The second-order valence-electron chi connectivity index (χ2n) is 9.56. The molecule has 1 aliphatic heterocycles. The van der Waals surface area contributed by atoms with Crippen LogP contribution in [0.2, 0.25) is 0 Å². The van der Waals surface area contributed by atoms with Crippen LogP contribution in [-0.4, -0.2) is 66.2 Å². The molecule has 10 nitrogen and oxygen atoms in total. The highest BCUT2D eigenvalue weighted by Gasteiger charge is 2.21. The number of rotatable bonds is 9. The standard InChI is InChI=1S/C30H31N7O3S/c1-21-20-41-29(26(21)28(39)35-33-18-22-7-9-25(40-2)10-8-22)34-27(38)24-6-3-5-23(17-24)19-36-13-15-37(16-14-36)30-31-11-4-12-32-30/h3-12,17-18,20H,13-16,19H2,1-2H3,(H,34,38)(H,35,39). The molecule has 2 aromatic carbocycles. The van der Waals surface area contributed by atoms with Gasteiger partial charge in [0.25, 0.3) is 11.8 Å². The summed E-state index contributed by atoms with van der Waals surface area (Å²) in [7, 11) is 1.60. The van der Waals surface area contributed by atoms with Crippen LogP contribution < -0.4 is 20.4 Å². The molecule has 2 N–H and O–H groups in total. The summed E-state index contributed by atoms with van der Waals surface area (Å²) in [6, 6.07) is 16.7.